The van der Waals surface area contributed by atoms with Gasteiger partial charge in [-0.3, -0.25) is 9.59 Å². The molecule has 1 atom stereocenters. The molecule has 0 spiro atoms. The smallest absolute Gasteiger partial charge is 0.229 e. The van der Waals surface area contributed by atoms with E-state index in [2.05, 4.69) is 0 Å². The highest BCUT2D eigenvalue weighted by Crippen LogP contribution is 1.97. The van der Waals surface area contributed by atoms with Crippen molar-refractivity contribution in [3.8, 4) is 0 Å². The lowest BCUT2D eigenvalue weighted by Crippen LogP contribution is -2.34. The summed E-state index contributed by atoms with van der Waals surface area (Å²) in [5, 5.41) is 9.23. The van der Waals surface area contributed by atoms with Crippen molar-refractivity contribution in [3.05, 3.63) is 0 Å². The molecule has 0 aromatic carbocycles. The van der Waals surface area contributed by atoms with E-state index in [1.807, 2.05) is 6.92 Å². The van der Waals surface area contributed by atoms with Gasteiger partial charge in [-0.15, -0.1) is 0 Å². The number of Topliss-reactive ketones (excluding diaryl/α,β-unsaturated/α-hetero) is 1. The normalized spacial score (nSPS) is 12.3. The second-order valence-corrected chi connectivity index (χ2v) is 3.22. The van der Waals surface area contributed by atoms with Gasteiger partial charge >= 0.3 is 0 Å². The van der Waals surface area contributed by atoms with Gasteiger partial charge in [0.25, 0.3) is 0 Å². The SMILES string of the molecule is CCC(O)CN(C)C(=O)CC(C)=O. The lowest BCUT2D eigenvalue weighted by atomic mass is 10.2. The van der Waals surface area contributed by atoms with E-state index in [4.69, 9.17) is 0 Å². The Hall–Kier alpha value is -0.900. The fourth-order valence-electron chi connectivity index (χ4n) is 0.895. The van der Waals surface area contributed by atoms with Gasteiger partial charge < -0.3 is 10.0 Å². The van der Waals surface area contributed by atoms with Crippen molar-refractivity contribution in [1.82, 2.24) is 4.90 Å². The van der Waals surface area contributed by atoms with Crippen LogP contribution in [0.15, 0.2) is 0 Å². The van der Waals surface area contributed by atoms with Gasteiger partial charge in [0, 0.05) is 13.6 Å². The molecular formula is C9H17NO3. The van der Waals surface area contributed by atoms with E-state index >= 15 is 0 Å². The van der Waals surface area contributed by atoms with Gasteiger partial charge in [-0.1, -0.05) is 6.92 Å². The number of carbonyl (C=O) groups excluding carboxylic acids is 2. The lowest BCUT2D eigenvalue weighted by molar-refractivity contribution is -0.134. The molecule has 0 aliphatic heterocycles. The Morgan fingerprint density at radius 1 is 1.46 bits per heavy atom. The summed E-state index contributed by atoms with van der Waals surface area (Å²) < 4.78 is 0. The van der Waals surface area contributed by atoms with E-state index in [1.54, 1.807) is 7.05 Å². The Morgan fingerprint density at radius 2 is 2.00 bits per heavy atom. The van der Waals surface area contributed by atoms with Crippen LogP contribution < -0.4 is 0 Å². The average Bonchev–Trinajstić information content (AvgIpc) is 2.02. The number of hydrogen-bond donors (Lipinski definition) is 1. The summed E-state index contributed by atoms with van der Waals surface area (Å²) in [5.74, 6) is -0.386. The van der Waals surface area contributed by atoms with Crippen LogP contribution >= 0.6 is 0 Å². The molecule has 1 unspecified atom stereocenters. The maximum absolute atomic E-state index is 11.2. The van der Waals surface area contributed by atoms with Crippen molar-refractivity contribution in [2.24, 2.45) is 0 Å². The first kappa shape index (κ1) is 12.1. The van der Waals surface area contributed by atoms with Crippen LogP contribution in [-0.2, 0) is 9.59 Å². The highest BCUT2D eigenvalue weighted by Gasteiger charge is 2.13. The van der Waals surface area contributed by atoms with Gasteiger partial charge in [0.05, 0.1) is 12.5 Å². The van der Waals surface area contributed by atoms with Crippen LogP contribution in [0.25, 0.3) is 0 Å². The number of likely N-dealkylation sites (N-methyl/N-ethyl adjacent to an activating group) is 1. The number of carbonyl (C=O) groups is 2. The average molecular weight is 187 g/mol. The third-order valence-electron chi connectivity index (χ3n) is 1.78. The molecule has 1 N–H and O–H groups in total. The largest absolute Gasteiger partial charge is 0.391 e. The summed E-state index contributed by atoms with van der Waals surface area (Å²) in [4.78, 5) is 23.2. The Bertz CT molecular complexity index is 191. The molecule has 0 radical (unpaired) electrons. The molecule has 0 rings (SSSR count). The molecule has 76 valence electrons. The fourth-order valence-corrected chi connectivity index (χ4v) is 0.895. The van der Waals surface area contributed by atoms with Crippen molar-refractivity contribution in [1.29, 1.82) is 0 Å². The van der Waals surface area contributed by atoms with Crippen molar-refractivity contribution in [2.75, 3.05) is 13.6 Å². The maximum Gasteiger partial charge on any atom is 0.229 e. The monoisotopic (exact) mass is 187 g/mol. The molecule has 4 nitrogen and oxygen atoms in total. The second kappa shape index (κ2) is 5.70. The maximum atomic E-state index is 11.2. The van der Waals surface area contributed by atoms with Crippen LogP contribution in [-0.4, -0.2) is 41.4 Å². The zero-order valence-electron chi connectivity index (χ0n) is 8.41. The molecule has 0 aliphatic carbocycles. The van der Waals surface area contributed by atoms with E-state index in [0.717, 1.165) is 0 Å². The van der Waals surface area contributed by atoms with Gasteiger partial charge in [0.2, 0.25) is 5.91 Å². The molecule has 13 heavy (non-hydrogen) atoms. The summed E-state index contributed by atoms with van der Waals surface area (Å²) in [6.45, 7) is 3.51. The van der Waals surface area contributed by atoms with E-state index in [1.165, 1.54) is 11.8 Å². The molecule has 0 bridgehead atoms. The fraction of sp³-hybridized carbons (Fsp3) is 0.778. The third kappa shape index (κ3) is 5.36. The Morgan fingerprint density at radius 3 is 2.38 bits per heavy atom. The van der Waals surface area contributed by atoms with Crippen LogP contribution in [0.1, 0.15) is 26.7 Å². The Kier molecular flexibility index (Phi) is 5.30. The number of ketones is 1. The first-order valence-corrected chi connectivity index (χ1v) is 4.38. The summed E-state index contributed by atoms with van der Waals surface area (Å²) in [7, 11) is 1.59. The van der Waals surface area contributed by atoms with Crippen LogP contribution in [0, 0.1) is 0 Å². The number of hydrogen-bond acceptors (Lipinski definition) is 3. The van der Waals surface area contributed by atoms with Crippen LogP contribution in [0.5, 0.6) is 0 Å². The van der Waals surface area contributed by atoms with E-state index in [0.29, 0.717) is 13.0 Å². The predicted molar refractivity (Wildman–Crippen MR) is 49.2 cm³/mol. The van der Waals surface area contributed by atoms with E-state index in [9.17, 15) is 14.7 Å². The zero-order chi connectivity index (χ0) is 10.4. The van der Waals surface area contributed by atoms with Crippen molar-refractivity contribution in [2.45, 2.75) is 32.8 Å². The first-order valence-electron chi connectivity index (χ1n) is 4.38. The molecule has 0 saturated carbocycles. The Labute approximate surface area is 78.5 Å². The summed E-state index contributed by atoms with van der Waals surface area (Å²) in [5.41, 5.74) is 0. The zero-order valence-corrected chi connectivity index (χ0v) is 8.41. The number of amides is 1. The highest BCUT2D eigenvalue weighted by molar-refractivity contribution is 5.96. The summed E-state index contributed by atoms with van der Waals surface area (Å²) in [6, 6.07) is 0. The van der Waals surface area contributed by atoms with Gasteiger partial charge in [-0.05, 0) is 13.3 Å². The number of aliphatic hydroxyl groups is 1. The van der Waals surface area contributed by atoms with Gasteiger partial charge in [0.15, 0.2) is 0 Å². The number of nitrogens with zero attached hydrogens (tertiary/aromatic N) is 1. The second-order valence-electron chi connectivity index (χ2n) is 3.22. The summed E-state index contributed by atoms with van der Waals surface area (Å²) in [6.07, 6.45) is 0.0332. The number of rotatable bonds is 5. The minimum absolute atomic E-state index is 0.0765. The topological polar surface area (TPSA) is 57.6 Å². The molecule has 0 saturated heterocycles. The highest BCUT2D eigenvalue weighted by atomic mass is 16.3. The molecule has 0 aromatic heterocycles. The molecule has 0 fully saturated rings. The van der Waals surface area contributed by atoms with Crippen molar-refractivity contribution >= 4 is 11.7 Å². The van der Waals surface area contributed by atoms with E-state index in [-0.39, 0.29) is 18.1 Å². The molecular weight excluding hydrogens is 170 g/mol. The third-order valence-corrected chi connectivity index (χ3v) is 1.78. The van der Waals surface area contributed by atoms with Gasteiger partial charge in [0.1, 0.15) is 5.78 Å². The molecule has 4 heteroatoms. The van der Waals surface area contributed by atoms with E-state index < -0.39 is 6.10 Å². The van der Waals surface area contributed by atoms with Crippen LogP contribution in [0.2, 0.25) is 0 Å². The first-order chi connectivity index (χ1) is 5.97. The Balaban J connectivity index is 3.89. The lowest BCUT2D eigenvalue weighted by Gasteiger charge is -2.19. The molecule has 0 heterocycles. The predicted octanol–water partition coefficient (Wildman–Crippen LogP) is 0.195. The minimum Gasteiger partial charge on any atom is -0.391 e. The molecule has 1 amide bonds. The molecule has 0 aromatic rings. The van der Waals surface area contributed by atoms with Gasteiger partial charge in [-0.25, -0.2) is 0 Å². The van der Waals surface area contributed by atoms with Crippen LogP contribution in [0.3, 0.4) is 0 Å². The molecule has 0 aliphatic rings. The standard InChI is InChI=1S/C9H17NO3/c1-4-8(12)6-10(3)9(13)5-7(2)11/h8,12H,4-6H2,1-3H3. The van der Waals surface area contributed by atoms with Crippen molar-refractivity contribution in [3.63, 3.8) is 0 Å². The quantitative estimate of drug-likeness (QED) is 0.625. The van der Waals surface area contributed by atoms with Crippen LogP contribution in [0.4, 0.5) is 0 Å². The number of aliphatic hydroxyl groups excluding tert-OH is 1. The van der Waals surface area contributed by atoms with Crippen molar-refractivity contribution < 1.29 is 14.7 Å². The summed E-state index contributed by atoms with van der Waals surface area (Å²) >= 11 is 0. The minimum atomic E-state index is -0.499. The van der Waals surface area contributed by atoms with Gasteiger partial charge in [-0.2, -0.15) is 0 Å².